The van der Waals surface area contributed by atoms with Gasteiger partial charge in [-0.1, -0.05) is 42.0 Å². The third-order valence-electron chi connectivity index (χ3n) is 4.50. The first kappa shape index (κ1) is 20.9. The van der Waals surface area contributed by atoms with Crippen LogP contribution < -0.4 is 10.6 Å². The summed E-state index contributed by atoms with van der Waals surface area (Å²) in [7, 11) is 0. The fourth-order valence-corrected chi connectivity index (χ4v) is 3.11. The molecule has 1 aliphatic rings. The maximum Gasteiger partial charge on any atom is 0.342 e. The van der Waals surface area contributed by atoms with E-state index in [0.717, 1.165) is 5.56 Å². The summed E-state index contributed by atoms with van der Waals surface area (Å²) in [5, 5.41) is 15.1. The van der Waals surface area contributed by atoms with Crippen LogP contribution in [0.1, 0.15) is 34.5 Å². The van der Waals surface area contributed by atoms with Crippen LogP contribution in [0.4, 0.5) is 4.79 Å². The van der Waals surface area contributed by atoms with Crippen molar-refractivity contribution in [2.75, 3.05) is 13.2 Å². The normalized spacial score (nSPS) is 15.8. The molecule has 3 N–H and O–H groups in total. The number of aryl methyl sites for hydroxylation is 1. The van der Waals surface area contributed by atoms with Crippen molar-refractivity contribution in [1.82, 2.24) is 10.6 Å². The van der Waals surface area contributed by atoms with Gasteiger partial charge in [0.1, 0.15) is 17.9 Å². The predicted molar refractivity (Wildman–Crippen MR) is 108 cm³/mol. The molecule has 1 aliphatic heterocycles. The van der Waals surface area contributed by atoms with E-state index in [9.17, 15) is 19.5 Å². The number of hydrogen-bond donors (Lipinski definition) is 3. The summed E-state index contributed by atoms with van der Waals surface area (Å²) < 4.78 is 10.4. The number of ether oxygens (including phenoxy) is 2. The summed E-state index contributed by atoms with van der Waals surface area (Å²) in [4.78, 5) is 37.3. The van der Waals surface area contributed by atoms with Gasteiger partial charge >= 0.3 is 18.0 Å². The number of urea groups is 1. The third kappa shape index (κ3) is 4.60. The van der Waals surface area contributed by atoms with E-state index in [1.807, 2.05) is 6.07 Å². The number of carbonyl (C=O) groups is 3. The summed E-state index contributed by atoms with van der Waals surface area (Å²) in [6.07, 6.45) is 0. The van der Waals surface area contributed by atoms with Crippen LogP contribution in [0.5, 0.6) is 5.75 Å². The first-order chi connectivity index (χ1) is 14.4. The number of aromatic hydroxyl groups is 1. The van der Waals surface area contributed by atoms with Gasteiger partial charge in [0.05, 0.1) is 23.9 Å². The third-order valence-corrected chi connectivity index (χ3v) is 4.50. The Balaban J connectivity index is 1.93. The van der Waals surface area contributed by atoms with Crippen LogP contribution in [0.25, 0.3) is 0 Å². The Morgan fingerprint density at radius 3 is 2.50 bits per heavy atom. The van der Waals surface area contributed by atoms with Crippen LogP contribution in [-0.2, 0) is 14.3 Å². The summed E-state index contributed by atoms with van der Waals surface area (Å²) in [5.74, 6) is -1.64. The zero-order valence-corrected chi connectivity index (χ0v) is 16.6. The first-order valence-electron chi connectivity index (χ1n) is 9.40. The van der Waals surface area contributed by atoms with E-state index >= 15 is 0 Å². The van der Waals surface area contributed by atoms with Gasteiger partial charge in [-0.15, -0.1) is 0 Å². The Hall–Kier alpha value is -3.81. The Labute approximate surface area is 173 Å². The zero-order chi connectivity index (χ0) is 21.7. The van der Waals surface area contributed by atoms with Crippen molar-refractivity contribution in [3.63, 3.8) is 0 Å². The number of phenolic OH excluding ortho intramolecular Hbond substituents is 1. The second-order valence-electron chi connectivity index (χ2n) is 6.65. The molecule has 156 valence electrons. The average Bonchev–Trinajstić information content (AvgIpc) is 2.74. The zero-order valence-electron chi connectivity index (χ0n) is 16.6. The minimum absolute atomic E-state index is 0.00634. The highest BCUT2D eigenvalue weighted by molar-refractivity contribution is 5.96. The number of hydrogen-bond acceptors (Lipinski definition) is 6. The van der Waals surface area contributed by atoms with Crippen LogP contribution in [0.3, 0.4) is 0 Å². The Bertz CT molecular complexity index is 1000. The first-order valence-corrected chi connectivity index (χ1v) is 9.40. The van der Waals surface area contributed by atoms with Gasteiger partial charge < -0.3 is 25.2 Å². The van der Waals surface area contributed by atoms with Gasteiger partial charge in [-0.05, 0) is 31.5 Å². The van der Waals surface area contributed by atoms with E-state index in [2.05, 4.69) is 10.6 Å². The van der Waals surface area contributed by atoms with Crippen molar-refractivity contribution in [3.05, 3.63) is 76.5 Å². The van der Waals surface area contributed by atoms with Crippen molar-refractivity contribution in [3.8, 4) is 5.75 Å². The molecule has 0 radical (unpaired) electrons. The maximum atomic E-state index is 12.7. The minimum Gasteiger partial charge on any atom is -0.507 e. The van der Waals surface area contributed by atoms with Gasteiger partial charge in [0.2, 0.25) is 0 Å². The average molecular weight is 410 g/mol. The fraction of sp³-hybridized carbons (Fsp3) is 0.227. The van der Waals surface area contributed by atoms with Crippen LogP contribution >= 0.6 is 0 Å². The van der Waals surface area contributed by atoms with Gasteiger partial charge in [0.15, 0.2) is 0 Å². The molecule has 0 aromatic heterocycles. The number of benzene rings is 2. The van der Waals surface area contributed by atoms with Crippen molar-refractivity contribution < 1.29 is 29.0 Å². The summed E-state index contributed by atoms with van der Waals surface area (Å²) >= 11 is 0. The number of carbonyl (C=O) groups excluding carboxylic acids is 3. The molecule has 8 nitrogen and oxygen atoms in total. The SMILES string of the molecule is CCOC(=O)C1=C(COC(=O)c2cc(C)ccc2O)NC(=O)NC1c1ccccc1. The van der Waals surface area contributed by atoms with Gasteiger partial charge in [0.25, 0.3) is 0 Å². The number of amides is 2. The lowest BCUT2D eigenvalue weighted by molar-refractivity contribution is -0.139. The van der Waals surface area contributed by atoms with Crippen molar-refractivity contribution in [2.24, 2.45) is 0 Å². The van der Waals surface area contributed by atoms with E-state index < -0.39 is 24.0 Å². The molecule has 0 spiro atoms. The topological polar surface area (TPSA) is 114 Å². The largest absolute Gasteiger partial charge is 0.507 e. The molecule has 0 saturated carbocycles. The van der Waals surface area contributed by atoms with Crippen LogP contribution in [0.2, 0.25) is 0 Å². The molecule has 1 heterocycles. The summed E-state index contributed by atoms with van der Waals surface area (Å²) in [6, 6.07) is 12.2. The highest BCUT2D eigenvalue weighted by Gasteiger charge is 2.34. The molecular weight excluding hydrogens is 388 g/mol. The highest BCUT2D eigenvalue weighted by Crippen LogP contribution is 2.28. The molecule has 2 aromatic rings. The van der Waals surface area contributed by atoms with Crippen molar-refractivity contribution in [1.29, 1.82) is 0 Å². The van der Waals surface area contributed by atoms with Crippen molar-refractivity contribution in [2.45, 2.75) is 19.9 Å². The fourth-order valence-electron chi connectivity index (χ4n) is 3.11. The predicted octanol–water partition coefficient (Wildman–Crippen LogP) is 2.73. The van der Waals surface area contributed by atoms with E-state index in [1.165, 1.54) is 12.1 Å². The molecule has 0 bridgehead atoms. The minimum atomic E-state index is -0.782. The highest BCUT2D eigenvalue weighted by atomic mass is 16.5. The Kier molecular flexibility index (Phi) is 6.36. The number of nitrogens with one attached hydrogen (secondary N) is 2. The number of esters is 2. The number of phenols is 1. The van der Waals surface area contributed by atoms with Gasteiger partial charge in [-0.3, -0.25) is 0 Å². The molecule has 3 rings (SSSR count). The van der Waals surface area contributed by atoms with E-state index in [4.69, 9.17) is 9.47 Å². The molecule has 1 atom stereocenters. The smallest absolute Gasteiger partial charge is 0.342 e. The monoisotopic (exact) mass is 410 g/mol. The molecular formula is C22H22N2O6. The van der Waals surface area contributed by atoms with Crippen LogP contribution in [0.15, 0.2) is 59.8 Å². The molecule has 1 unspecified atom stereocenters. The van der Waals surface area contributed by atoms with Crippen LogP contribution in [-0.4, -0.2) is 36.3 Å². The Morgan fingerprint density at radius 1 is 1.07 bits per heavy atom. The van der Waals surface area contributed by atoms with Gasteiger partial charge in [-0.25, -0.2) is 14.4 Å². The lowest BCUT2D eigenvalue weighted by atomic mass is 9.95. The van der Waals surface area contributed by atoms with Crippen molar-refractivity contribution >= 4 is 18.0 Å². The lowest BCUT2D eigenvalue weighted by Gasteiger charge is -2.29. The summed E-state index contributed by atoms with van der Waals surface area (Å²) in [5.41, 5.74) is 1.70. The Morgan fingerprint density at radius 2 is 1.80 bits per heavy atom. The maximum absolute atomic E-state index is 12.7. The van der Waals surface area contributed by atoms with E-state index in [1.54, 1.807) is 44.2 Å². The van der Waals surface area contributed by atoms with Gasteiger partial charge in [0, 0.05) is 0 Å². The van der Waals surface area contributed by atoms with E-state index in [0.29, 0.717) is 5.56 Å². The van der Waals surface area contributed by atoms with E-state index in [-0.39, 0.29) is 35.8 Å². The lowest BCUT2D eigenvalue weighted by Crippen LogP contribution is -2.47. The molecule has 2 amide bonds. The molecule has 0 saturated heterocycles. The standard InChI is InChI=1S/C22H22N2O6/c1-3-29-21(27)18-16(12-30-20(26)15-11-13(2)9-10-17(15)25)23-22(28)24-19(18)14-7-5-4-6-8-14/h4-11,19,25H,3,12H2,1-2H3,(H2,23,24,28). The quantitative estimate of drug-likeness (QED) is 0.631. The second kappa shape index (κ2) is 9.13. The molecule has 30 heavy (non-hydrogen) atoms. The van der Waals surface area contributed by atoms with Crippen LogP contribution in [0, 0.1) is 6.92 Å². The molecule has 8 heteroatoms. The molecule has 0 aliphatic carbocycles. The molecule has 2 aromatic carbocycles. The second-order valence-corrected chi connectivity index (χ2v) is 6.65. The van der Waals surface area contributed by atoms with Gasteiger partial charge in [-0.2, -0.15) is 0 Å². The molecule has 0 fully saturated rings. The number of rotatable bonds is 6. The summed E-state index contributed by atoms with van der Waals surface area (Å²) in [6.45, 7) is 3.21.